The molecule has 1 rings (SSSR count). The highest BCUT2D eigenvalue weighted by Gasteiger charge is 2.19. The van der Waals surface area contributed by atoms with Gasteiger partial charge in [-0.1, -0.05) is 6.92 Å². The summed E-state index contributed by atoms with van der Waals surface area (Å²) >= 11 is 0. The van der Waals surface area contributed by atoms with E-state index in [0.717, 1.165) is 26.2 Å². The molecule has 0 bridgehead atoms. The van der Waals surface area contributed by atoms with Crippen molar-refractivity contribution in [3.8, 4) is 0 Å². The monoisotopic (exact) mass is 172 g/mol. The zero-order valence-corrected chi connectivity index (χ0v) is 8.18. The molecule has 1 aliphatic heterocycles. The molecule has 3 nitrogen and oxygen atoms in total. The van der Waals surface area contributed by atoms with E-state index >= 15 is 0 Å². The van der Waals surface area contributed by atoms with Crippen LogP contribution < -0.4 is 5.32 Å². The molecular formula is C9H20N2O. The normalized spacial score (nSPS) is 20.2. The average molecular weight is 172 g/mol. The standard InChI is InChI=1S/C9H20N2O/c1-3-11(12-4-2)9-5-7-10-8-6-9/h9-10H,3-8H2,1-2H3. The quantitative estimate of drug-likeness (QED) is 0.641. The van der Waals surface area contributed by atoms with Crippen molar-refractivity contribution in [3.63, 3.8) is 0 Å². The van der Waals surface area contributed by atoms with Crippen molar-refractivity contribution in [2.75, 3.05) is 26.2 Å². The Balaban J connectivity index is 2.29. The number of nitrogens with zero attached hydrogens (tertiary/aromatic N) is 1. The minimum atomic E-state index is 0.635. The van der Waals surface area contributed by atoms with Gasteiger partial charge in [0.2, 0.25) is 0 Å². The van der Waals surface area contributed by atoms with Crippen LogP contribution in [0.3, 0.4) is 0 Å². The van der Waals surface area contributed by atoms with E-state index in [-0.39, 0.29) is 0 Å². The number of rotatable bonds is 4. The van der Waals surface area contributed by atoms with Crippen molar-refractivity contribution in [1.82, 2.24) is 10.4 Å². The van der Waals surface area contributed by atoms with Crippen LogP contribution in [0.25, 0.3) is 0 Å². The van der Waals surface area contributed by atoms with E-state index in [1.807, 2.05) is 6.92 Å². The first kappa shape index (κ1) is 9.96. The van der Waals surface area contributed by atoms with Gasteiger partial charge in [-0.25, -0.2) is 0 Å². The van der Waals surface area contributed by atoms with E-state index < -0.39 is 0 Å². The van der Waals surface area contributed by atoms with Crippen LogP contribution in [0.4, 0.5) is 0 Å². The lowest BCUT2D eigenvalue weighted by Gasteiger charge is -2.32. The highest BCUT2D eigenvalue weighted by atomic mass is 16.7. The summed E-state index contributed by atoms with van der Waals surface area (Å²) in [7, 11) is 0. The Kier molecular flexibility index (Phi) is 4.58. The fourth-order valence-corrected chi connectivity index (χ4v) is 1.72. The zero-order chi connectivity index (χ0) is 8.81. The molecule has 1 aliphatic rings. The summed E-state index contributed by atoms with van der Waals surface area (Å²) < 4.78 is 0. The Morgan fingerprint density at radius 2 is 2.00 bits per heavy atom. The third kappa shape index (κ3) is 2.73. The van der Waals surface area contributed by atoms with Gasteiger partial charge in [0.05, 0.1) is 6.61 Å². The highest BCUT2D eigenvalue weighted by molar-refractivity contribution is 4.73. The van der Waals surface area contributed by atoms with Gasteiger partial charge >= 0.3 is 0 Å². The summed E-state index contributed by atoms with van der Waals surface area (Å²) in [6, 6.07) is 0.635. The Labute approximate surface area is 75.0 Å². The van der Waals surface area contributed by atoms with Crippen molar-refractivity contribution >= 4 is 0 Å². The molecule has 72 valence electrons. The molecule has 1 heterocycles. The van der Waals surface area contributed by atoms with Gasteiger partial charge in [0.25, 0.3) is 0 Å². The Morgan fingerprint density at radius 3 is 2.50 bits per heavy atom. The number of hydrogen-bond acceptors (Lipinski definition) is 3. The van der Waals surface area contributed by atoms with Gasteiger partial charge < -0.3 is 5.32 Å². The van der Waals surface area contributed by atoms with Crippen LogP contribution in [0, 0.1) is 0 Å². The van der Waals surface area contributed by atoms with Crippen LogP contribution in [-0.2, 0) is 4.84 Å². The minimum absolute atomic E-state index is 0.635. The maximum absolute atomic E-state index is 5.54. The van der Waals surface area contributed by atoms with Crippen LogP contribution >= 0.6 is 0 Å². The van der Waals surface area contributed by atoms with E-state index in [1.54, 1.807) is 0 Å². The summed E-state index contributed by atoms with van der Waals surface area (Å²) in [4.78, 5) is 5.54. The van der Waals surface area contributed by atoms with Gasteiger partial charge in [-0.2, -0.15) is 5.06 Å². The first-order chi connectivity index (χ1) is 5.88. The summed E-state index contributed by atoms with van der Waals surface area (Å²) in [5, 5.41) is 5.48. The van der Waals surface area contributed by atoms with E-state index in [0.29, 0.717) is 6.04 Å². The molecule has 0 saturated carbocycles. The zero-order valence-electron chi connectivity index (χ0n) is 8.18. The molecule has 12 heavy (non-hydrogen) atoms. The molecule has 1 saturated heterocycles. The van der Waals surface area contributed by atoms with Crippen molar-refractivity contribution in [3.05, 3.63) is 0 Å². The summed E-state index contributed by atoms with van der Waals surface area (Å²) in [5.41, 5.74) is 0. The number of hydroxylamine groups is 2. The van der Waals surface area contributed by atoms with E-state index in [2.05, 4.69) is 17.3 Å². The fourth-order valence-electron chi connectivity index (χ4n) is 1.72. The topological polar surface area (TPSA) is 24.5 Å². The Bertz CT molecular complexity index is 110. The maximum atomic E-state index is 5.54. The third-order valence-electron chi connectivity index (χ3n) is 2.32. The summed E-state index contributed by atoms with van der Waals surface area (Å²) in [6.07, 6.45) is 2.43. The molecule has 0 aliphatic carbocycles. The Morgan fingerprint density at radius 1 is 1.33 bits per heavy atom. The first-order valence-corrected chi connectivity index (χ1v) is 4.98. The highest BCUT2D eigenvalue weighted by Crippen LogP contribution is 2.11. The van der Waals surface area contributed by atoms with Gasteiger partial charge in [0, 0.05) is 12.6 Å². The van der Waals surface area contributed by atoms with Crippen molar-refractivity contribution < 1.29 is 4.84 Å². The maximum Gasteiger partial charge on any atom is 0.0657 e. The number of piperidine rings is 1. The molecule has 0 atom stereocenters. The van der Waals surface area contributed by atoms with E-state index in [1.165, 1.54) is 12.8 Å². The molecule has 0 amide bonds. The van der Waals surface area contributed by atoms with Crippen LogP contribution in [0.15, 0.2) is 0 Å². The van der Waals surface area contributed by atoms with Gasteiger partial charge in [0.1, 0.15) is 0 Å². The van der Waals surface area contributed by atoms with Crippen molar-refractivity contribution in [2.45, 2.75) is 32.7 Å². The van der Waals surface area contributed by atoms with E-state index in [9.17, 15) is 0 Å². The minimum Gasteiger partial charge on any atom is -0.317 e. The molecule has 0 aromatic carbocycles. The second kappa shape index (κ2) is 5.51. The lowest BCUT2D eigenvalue weighted by atomic mass is 10.1. The van der Waals surface area contributed by atoms with Crippen molar-refractivity contribution in [2.24, 2.45) is 0 Å². The predicted octanol–water partition coefficient (Wildman–Crippen LogP) is 1.01. The molecule has 0 aromatic rings. The molecule has 0 aromatic heterocycles. The van der Waals surface area contributed by atoms with Crippen LogP contribution in [-0.4, -0.2) is 37.3 Å². The average Bonchev–Trinajstić information content (AvgIpc) is 2.15. The summed E-state index contributed by atoms with van der Waals surface area (Å²) in [6.45, 7) is 8.25. The largest absolute Gasteiger partial charge is 0.317 e. The first-order valence-electron chi connectivity index (χ1n) is 4.98. The van der Waals surface area contributed by atoms with Crippen LogP contribution in [0.1, 0.15) is 26.7 Å². The fraction of sp³-hybridized carbons (Fsp3) is 1.00. The lowest BCUT2D eigenvalue weighted by Crippen LogP contribution is -2.42. The predicted molar refractivity (Wildman–Crippen MR) is 49.9 cm³/mol. The number of nitrogens with one attached hydrogen (secondary N) is 1. The molecule has 1 N–H and O–H groups in total. The van der Waals surface area contributed by atoms with Gasteiger partial charge in [-0.15, -0.1) is 0 Å². The van der Waals surface area contributed by atoms with Crippen LogP contribution in [0.5, 0.6) is 0 Å². The van der Waals surface area contributed by atoms with Crippen LogP contribution in [0.2, 0.25) is 0 Å². The van der Waals surface area contributed by atoms with Gasteiger partial charge in [-0.05, 0) is 32.9 Å². The molecule has 0 spiro atoms. The smallest absolute Gasteiger partial charge is 0.0657 e. The third-order valence-corrected chi connectivity index (χ3v) is 2.32. The number of hydrogen-bond donors (Lipinski definition) is 1. The Hall–Kier alpha value is -0.120. The lowest BCUT2D eigenvalue weighted by molar-refractivity contribution is -0.184. The van der Waals surface area contributed by atoms with Gasteiger partial charge in [0.15, 0.2) is 0 Å². The molecular weight excluding hydrogens is 152 g/mol. The molecule has 0 radical (unpaired) electrons. The second-order valence-corrected chi connectivity index (χ2v) is 3.13. The van der Waals surface area contributed by atoms with E-state index in [4.69, 9.17) is 4.84 Å². The molecule has 0 unspecified atom stereocenters. The van der Waals surface area contributed by atoms with Gasteiger partial charge in [-0.3, -0.25) is 4.84 Å². The molecule has 3 heteroatoms. The molecule has 1 fully saturated rings. The SMILES string of the molecule is CCON(CC)C1CCNCC1. The van der Waals surface area contributed by atoms with Crippen molar-refractivity contribution in [1.29, 1.82) is 0 Å². The second-order valence-electron chi connectivity index (χ2n) is 3.13. The summed E-state index contributed by atoms with van der Waals surface area (Å²) in [5.74, 6) is 0.